The van der Waals surface area contributed by atoms with Crippen LogP contribution < -0.4 is 20.1 Å². The molecule has 2 N–H and O–H groups in total. The lowest BCUT2D eigenvalue weighted by molar-refractivity contribution is -0.133. The van der Waals surface area contributed by atoms with Crippen molar-refractivity contribution in [3.8, 4) is 11.5 Å². The van der Waals surface area contributed by atoms with Gasteiger partial charge in [0.05, 0.1) is 31.5 Å². The number of benzene rings is 3. The van der Waals surface area contributed by atoms with Crippen molar-refractivity contribution in [3.63, 3.8) is 0 Å². The van der Waals surface area contributed by atoms with Crippen molar-refractivity contribution in [2.24, 2.45) is 0 Å². The van der Waals surface area contributed by atoms with Crippen LogP contribution in [0, 0.1) is 6.92 Å². The number of nitrogens with one attached hydrogen (secondary N) is 2. The molecule has 2 amide bonds. The highest BCUT2D eigenvalue weighted by Crippen LogP contribution is 2.29. The van der Waals surface area contributed by atoms with Gasteiger partial charge in [0.1, 0.15) is 11.5 Å². The van der Waals surface area contributed by atoms with Crippen LogP contribution in [-0.4, -0.2) is 56.0 Å². The number of ether oxygens (including phenoxy) is 3. The van der Waals surface area contributed by atoms with Crippen LogP contribution in [0.4, 0.5) is 20.6 Å². The summed E-state index contributed by atoms with van der Waals surface area (Å²) in [5, 5.41) is 5.57. The molecular formula is C30H32FN3O6. The van der Waals surface area contributed by atoms with Crippen LogP contribution in [0.25, 0.3) is 0 Å². The molecule has 0 bridgehead atoms. The molecule has 1 fully saturated rings. The number of Topliss-reactive ketones (excluding diaryl/α,β-unsaturated/α-hetero) is 1. The molecule has 1 aliphatic rings. The first-order chi connectivity index (χ1) is 19.3. The van der Waals surface area contributed by atoms with Crippen molar-refractivity contribution in [3.05, 3.63) is 83.4 Å². The van der Waals surface area contributed by atoms with E-state index in [9.17, 15) is 14.4 Å². The number of carbonyl (C=O) groups is 3. The molecule has 0 aromatic heterocycles. The lowest BCUT2D eigenvalue weighted by Crippen LogP contribution is -2.44. The maximum atomic E-state index is 15.1. The molecule has 0 unspecified atom stereocenters. The van der Waals surface area contributed by atoms with Gasteiger partial charge in [0.25, 0.3) is 6.48 Å². The van der Waals surface area contributed by atoms with E-state index in [1.165, 1.54) is 43.4 Å². The molecular weight excluding hydrogens is 517 g/mol. The third kappa shape index (κ3) is 6.95. The van der Waals surface area contributed by atoms with Crippen LogP contribution in [0.2, 0.25) is 0 Å². The fourth-order valence-corrected chi connectivity index (χ4v) is 4.60. The summed E-state index contributed by atoms with van der Waals surface area (Å²) < 4.78 is 30.7. The summed E-state index contributed by atoms with van der Waals surface area (Å²) in [6, 6.07) is 17.4. The second-order valence-electron chi connectivity index (χ2n) is 9.39. The second kappa shape index (κ2) is 13.1. The lowest BCUT2D eigenvalue weighted by atomic mass is 10.0. The summed E-state index contributed by atoms with van der Waals surface area (Å²) >= 11 is 0. The smallest absolute Gasteiger partial charge is 0.337 e. The first kappa shape index (κ1) is 28.6. The Kier molecular flexibility index (Phi) is 9.34. The van der Waals surface area contributed by atoms with Crippen molar-refractivity contribution in [2.75, 3.05) is 31.4 Å². The zero-order valence-corrected chi connectivity index (χ0v) is 22.6. The van der Waals surface area contributed by atoms with Gasteiger partial charge in [0.2, 0.25) is 0 Å². The predicted molar refractivity (Wildman–Crippen MR) is 149 cm³/mol. The van der Waals surface area contributed by atoms with Crippen LogP contribution >= 0.6 is 0 Å². The zero-order chi connectivity index (χ0) is 28.6. The second-order valence-corrected chi connectivity index (χ2v) is 9.39. The van der Waals surface area contributed by atoms with E-state index in [-0.39, 0.29) is 18.0 Å². The summed E-state index contributed by atoms with van der Waals surface area (Å²) in [7, 11) is 2.76. The van der Waals surface area contributed by atoms with E-state index in [1.807, 2.05) is 25.1 Å². The number of anilines is 2. The number of alkyl halides is 1. The molecule has 0 spiro atoms. The molecule has 9 nitrogen and oxygen atoms in total. The Morgan fingerprint density at radius 1 is 1.00 bits per heavy atom. The number of rotatable bonds is 10. The summed E-state index contributed by atoms with van der Waals surface area (Å²) in [5.74, 6) is -0.0162. The molecule has 40 heavy (non-hydrogen) atoms. The maximum Gasteiger partial charge on any atom is 0.337 e. The molecule has 0 radical (unpaired) electrons. The monoisotopic (exact) mass is 549 g/mol. The van der Waals surface area contributed by atoms with E-state index in [1.54, 1.807) is 24.3 Å². The van der Waals surface area contributed by atoms with Gasteiger partial charge in [-0.25, -0.2) is 14.5 Å². The molecule has 10 heteroatoms. The van der Waals surface area contributed by atoms with Gasteiger partial charge in [0.15, 0.2) is 5.78 Å². The van der Waals surface area contributed by atoms with Crippen LogP contribution in [0.1, 0.15) is 34.3 Å². The van der Waals surface area contributed by atoms with E-state index >= 15 is 4.39 Å². The molecule has 1 saturated heterocycles. The van der Waals surface area contributed by atoms with Crippen molar-refractivity contribution in [2.45, 2.75) is 38.7 Å². The fraction of sp³-hybridized carbons (Fsp3) is 0.300. The standard InChI is InChI=1S/C30H32FN3O6/c1-19-7-4-5-8-23(19)32-30(37)33-24-15-10-20(18-27(24)38-2)17-26(35)25-9-6-16-34(25)29(31)40-22-13-11-21(12-14-22)28(36)39-3/h4-5,7-8,10-15,18,25,29H,6,9,16-17H2,1-3H3,(H2,32,33,37)/t25-,29-/m0/s1. The number of ketones is 1. The van der Waals surface area contributed by atoms with Gasteiger partial charge in [-0.05, 0) is 73.4 Å². The highest BCUT2D eigenvalue weighted by molar-refractivity contribution is 6.01. The average molecular weight is 550 g/mol. The summed E-state index contributed by atoms with van der Waals surface area (Å²) in [5.41, 5.74) is 3.06. The van der Waals surface area contributed by atoms with Crippen molar-refractivity contribution >= 4 is 29.2 Å². The van der Waals surface area contributed by atoms with Crippen molar-refractivity contribution < 1.29 is 33.0 Å². The number of nitrogens with zero attached hydrogens (tertiary/aromatic N) is 1. The quantitative estimate of drug-likeness (QED) is 0.260. The van der Waals surface area contributed by atoms with Gasteiger partial charge in [-0.15, -0.1) is 0 Å². The zero-order valence-electron chi connectivity index (χ0n) is 22.6. The largest absolute Gasteiger partial charge is 0.495 e. The van der Waals surface area contributed by atoms with E-state index in [0.29, 0.717) is 47.6 Å². The van der Waals surface area contributed by atoms with Crippen molar-refractivity contribution in [1.29, 1.82) is 0 Å². The summed E-state index contributed by atoms with van der Waals surface area (Å²) in [4.78, 5) is 38.7. The normalized spacial score (nSPS) is 15.7. The van der Waals surface area contributed by atoms with Gasteiger partial charge in [-0.3, -0.25) is 4.79 Å². The molecule has 2 atom stereocenters. The summed E-state index contributed by atoms with van der Waals surface area (Å²) in [6.07, 6.45) is 1.23. The molecule has 3 aromatic rings. The number of halogens is 1. The Hall–Kier alpha value is -4.44. The Morgan fingerprint density at radius 2 is 1.73 bits per heavy atom. The number of hydrogen-bond donors (Lipinski definition) is 2. The third-order valence-corrected chi connectivity index (χ3v) is 6.72. The van der Waals surface area contributed by atoms with E-state index in [0.717, 1.165) is 5.56 Å². The number of aryl methyl sites for hydroxylation is 1. The number of likely N-dealkylation sites (tertiary alicyclic amines) is 1. The third-order valence-electron chi connectivity index (χ3n) is 6.72. The summed E-state index contributed by atoms with van der Waals surface area (Å²) in [6.45, 7) is 0.447. The number of carbonyl (C=O) groups excluding carboxylic acids is 3. The number of amides is 2. The molecule has 0 saturated carbocycles. The van der Waals surface area contributed by atoms with Crippen LogP contribution in [0.15, 0.2) is 66.7 Å². The number of methoxy groups -OCH3 is 2. The molecule has 1 aliphatic heterocycles. The minimum atomic E-state index is -1.83. The number of hydrogen-bond acceptors (Lipinski definition) is 7. The first-order valence-electron chi connectivity index (χ1n) is 12.9. The van der Waals surface area contributed by atoms with E-state index in [2.05, 4.69) is 15.4 Å². The Bertz CT molecular complexity index is 1360. The van der Waals surface area contributed by atoms with Gasteiger partial charge in [-0.1, -0.05) is 24.3 Å². The molecule has 210 valence electrons. The number of para-hydroxylation sites is 1. The highest BCUT2D eigenvalue weighted by atomic mass is 19.1. The van der Waals surface area contributed by atoms with E-state index in [4.69, 9.17) is 9.47 Å². The predicted octanol–water partition coefficient (Wildman–Crippen LogP) is 5.34. The van der Waals surface area contributed by atoms with Gasteiger partial charge in [0, 0.05) is 18.7 Å². The van der Waals surface area contributed by atoms with Crippen molar-refractivity contribution in [1.82, 2.24) is 4.90 Å². The van der Waals surface area contributed by atoms with Gasteiger partial charge >= 0.3 is 12.0 Å². The molecule has 1 heterocycles. The number of urea groups is 1. The molecule has 4 rings (SSSR count). The number of esters is 1. The van der Waals surface area contributed by atoms with Crippen LogP contribution in [0.5, 0.6) is 11.5 Å². The fourth-order valence-electron chi connectivity index (χ4n) is 4.60. The van der Waals surface area contributed by atoms with Crippen LogP contribution in [-0.2, 0) is 16.0 Å². The average Bonchev–Trinajstić information content (AvgIpc) is 3.46. The minimum absolute atomic E-state index is 0.0633. The lowest BCUT2D eigenvalue weighted by Gasteiger charge is -2.27. The van der Waals surface area contributed by atoms with Crippen LogP contribution in [0.3, 0.4) is 0 Å². The Labute approximate surface area is 232 Å². The highest BCUT2D eigenvalue weighted by Gasteiger charge is 2.36. The minimum Gasteiger partial charge on any atom is -0.495 e. The topological polar surface area (TPSA) is 106 Å². The molecule has 3 aromatic carbocycles. The van der Waals surface area contributed by atoms with Gasteiger partial charge < -0.3 is 24.8 Å². The SMILES string of the molecule is COC(=O)c1ccc(O[C@@H](F)N2CCC[C@H]2C(=O)Cc2ccc(NC(=O)Nc3ccccc3C)c(OC)c2)cc1. The Balaban J connectivity index is 1.37. The first-order valence-corrected chi connectivity index (χ1v) is 12.9. The molecule has 0 aliphatic carbocycles. The Morgan fingerprint density at radius 3 is 2.42 bits per heavy atom. The van der Waals surface area contributed by atoms with Gasteiger partial charge in [-0.2, -0.15) is 4.39 Å². The van der Waals surface area contributed by atoms with E-state index < -0.39 is 24.5 Å². The maximum absolute atomic E-state index is 15.1.